The van der Waals surface area contributed by atoms with Crippen LogP contribution in [0.4, 0.5) is 11.4 Å². The molecule has 0 aliphatic carbocycles. The number of anilines is 1. The van der Waals surface area contributed by atoms with Crippen LogP contribution >= 0.6 is 0 Å². The minimum atomic E-state index is 0.635. The molecule has 1 rings (SSSR count). The number of hydrogen-bond acceptors (Lipinski definition) is 4. The Morgan fingerprint density at radius 3 is 1.89 bits per heavy atom. The predicted molar refractivity (Wildman–Crippen MR) is 121 cm³/mol. The molecule has 160 valence electrons. The van der Waals surface area contributed by atoms with E-state index in [-0.39, 0.29) is 0 Å². The van der Waals surface area contributed by atoms with Gasteiger partial charge in [0.1, 0.15) is 11.4 Å². The molecule has 0 aliphatic heterocycles. The Morgan fingerprint density at radius 1 is 0.786 bits per heavy atom. The summed E-state index contributed by atoms with van der Waals surface area (Å²) in [5.74, 6) is 0.760. The van der Waals surface area contributed by atoms with Gasteiger partial charge in [0.2, 0.25) is 0 Å². The number of ether oxygens (including phenoxy) is 1. The maximum atomic E-state index is 7.45. The second-order valence-electron chi connectivity index (χ2n) is 7.78. The third-order valence-electron chi connectivity index (χ3n) is 5.25. The second kappa shape index (κ2) is 16.4. The van der Waals surface area contributed by atoms with Gasteiger partial charge in [-0.2, -0.15) is 5.11 Å². The van der Waals surface area contributed by atoms with Crippen molar-refractivity contribution >= 4 is 11.4 Å². The molecule has 0 saturated heterocycles. The maximum absolute atomic E-state index is 7.45. The highest BCUT2D eigenvalue weighted by atomic mass is 16.5. The number of nitrogens with zero attached hydrogens (tertiary/aromatic N) is 2. The van der Waals surface area contributed by atoms with Crippen molar-refractivity contribution in [1.82, 2.24) is 0 Å². The van der Waals surface area contributed by atoms with E-state index in [9.17, 15) is 0 Å². The molecule has 0 atom stereocenters. The highest BCUT2D eigenvalue weighted by molar-refractivity contribution is 5.61. The van der Waals surface area contributed by atoms with Crippen molar-refractivity contribution in [3.63, 3.8) is 0 Å². The van der Waals surface area contributed by atoms with Gasteiger partial charge >= 0.3 is 0 Å². The molecule has 0 unspecified atom stereocenters. The average molecular weight is 390 g/mol. The molecule has 0 radical (unpaired) electrons. The number of unbranched alkanes of at least 4 members (excludes halogenated alkanes) is 9. The lowest BCUT2D eigenvalue weighted by Crippen LogP contribution is -2.25. The molecule has 0 saturated carbocycles. The smallest absolute Gasteiger partial charge is 0.148 e. The Hall–Kier alpha value is -1.58. The van der Waals surface area contributed by atoms with Crippen LogP contribution in [0.2, 0.25) is 0 Å². The minimum Gasteiger partial charge on any atom is -0.491 e. The van der Waals surface area contributed by atoms with Gasteiger partial charge in [-0.25, -0.2) is 5.53 Å². The lowest BCUT2D eigenvalue weighted by Gasteiger charge is -2.26. The summed E-state index contributed by atoms with van der Waals surface area (Å²) in [6.07, 6.45) is 15.0. The van der Waals surface area contributed by atoms with Crippen molar-refractivity contribution < 1.29 is 4.74 Å². The third kappa shape index (κ3) is 10.1. The van der Waals surface area contributed by atoms with Gasteiger partial charge in [0, 0.05) is 24.8 Å². The Balaban J connectivity index is 2.75. The summed E-state index contributed by atoms with van der Waals surface area (Å²) in [5.41, 5.74) is 9.30. The summed E-state index contributed by atoms with van der Waals surface area (Å²) in [6, 6.07) is 6.15. The van der Waals surface area contributed by atoms with Crippen LogP contribution in [0, 0.1) is 5.53 Å². The summed E-state index contributed by atoms with van der Waals surface area (Å²) in [4.78, 5) is 2.50. The zero-order chi connectivity index (χ0) is 20.5. The largest absolute Gasteiger partial charge is 0.491 e. The van der Waals surface area contributed by atoms with Gasteiger partial charge in [0.25, 0.3) is 0 Å². The zero-order valence-electron chi connectivity index (χ0n) is 18.6. The van der Waals surface area contributed by atoms with Gasteiger partial charge in [-0.05, 0) is 31.4 Å². The fraction of sp³-hybridized carbons (Fsp3) is 0.750. The highest BCUT2D eigenvalue weighted by Crippen LogP contribution is 2.33. The molecular formula is C24H43N3O. The van der Waals surface area contributed by atoms with Gasteiger partial charge in [-0.15, -0.1) is 0 Å². The van der Waals surface area contributed by atoms with Crippen LogP contribution in [0.15, 0.2) is 23.3 Å². The van der Waals surface area contributed by atoms with Crippen molar-refractivity contribution in [2.45, 2.75) is 97.8 Å². The Morgan fingerprint density at radius 2 is 1.36 bits per heavy atom. The van der Waals surface area contributed by atoms with Crippen molar-refractivity contribution in [3.8, 4) is 5.75 Å². The van der Waals surface area contributed by atoms with Crippen LogP contribution in [0.1, 0.15) is 97.8 Å². The molecule has 4 nitrogen and oxygen atoms in total. The first-order valence-electron chi connectivity index (χ1n) is 11.7. The van der Waals surface area contributed by atoms with E-state index in [1.807, 2.05) is 6.07 Å². The average Bonchev–Trinajstić information content (AvgIpc) is 2.72. The number of benzene rings is 1. The Labute approximate surface area is 173 Å². The van der Waals surface area contributed by atoms with Crippen LogP contribution in [0.5, 0.6) is 5.75 Å². The van der Waals surface area contributed by atoms with Crippen molar-refractivity contribution in [1.29, 1.82) is 5.53 Å². The lowest BCUT2D eigenvalue weighted by molar-refractivity contribution is 0.306. The van der Waals surface area contributed by atoms with Crippen LogP contribution in [-0.4, -0.2) is 19.7 Å². The summed E-state index contributed by atoms with van der Waals surface area (Å²) < 4.78 is 6.01. The first kappa shape index (κ1) is 24.5. The van der Waals surface area contributed by atoms with Crippen molar-refractivity contribution in [2.24, 2.45) is 5.11 Å². The standard InChI is InChI=1S/C24H43N3O/c1-4-7-10-13-18-27(19-14-11-8-5-2)22-16-17-23(26-25)24(21-22)28-20-15-12-9-6-3/h16-17,21,25H,4-15,18-20H2,1-3H3. The maximum Gasteiger partial charge on any atom is 0.148 e. The molecule has 28 heavy (non-hydrogen) atoms. The van der Waals surface area contributed by atoms with Gasteiger partial charge in [0.05, 0.1) is 6.61 Å². The van der Waals surface area contributed by atoms with Gasteiger partial charge in [0.15, 0.2) is 0 Å². The van der Waals surface area contributed by atoms with Gasteiger partial charge in [-0.1, -0.05) is 78.6 Å². The molecule has 1 N–H and O–H groups in total. The first-order valence-corrected chi connectivity index (χ1v) is 11.7. The van der Waals surface area contributed by atoms with Crippen LogP contribution in [0.25, 0.3) is 0 Å². The molecule has 0 amide bonds. The number of hydrogen-bond donors (Lipinski definition) is 1. The molecule has 4 heteroatoms. The number of nitrogens with one attached hydrogen (secondary N) is 1. The fourth-order valence-electron chi connectivity index (χ4n) is 3.45. The Bertz CT molecular complexity index is 507. The van der Waals surface area contributed by atoms with Gasteiger partial charge in [-0.3, -0.25) is 0 Å². The molecule has 0 heterocycles. The molecule has 0 aliphatic rings. The molecule has 0 spiro atoms. The zero-order valence-corrected chi connectivity index (χ0v) is 18.6. The minimum absolute atomic E-state index is 0.635. The molecular weight excluding hydrogens is 346 g/mol. The normalized spacial score (nSPS) is 10.8. The lowest BCUT2D eigenvalue weighted by atomic mass is 10.1. The van der Waals surface area contributed by atoms with Crippen LogP contribution in [-0.2, 0) is 0 Å². The van der Waals surface area contributed by atoms with E-state index in [1.54, 1.807) is 0 Å². The fourth-order valence-corrected chi connectivity index (χ4v) is 3.45. The van der Waals surface area contributed by atoms with E-state index >= 15 is 0 Å². The van der Waals surface area contributed by atoms with E-state index < -0.39 is 0 Å². The van der Waals surface area contributed by atoms with Crippen LogP contribution in [0.3, 0.4) is 0 Å². The highest BCUT2D eigenvalue weighted by Gasteiger charge is 2.11. The quantitative estimate of drug-likeness (QED) is 0.203. The van der Waals surface area contributed by atoms with E-state index in [2.05, 4.69) is 42.9 Å². The molecule has 1 aromatic carbocycles. The summed E-state index contributed by atoms with van der Waals surface area (Å²) >= 11 is 0. The second-order valence-corrected chi connectivity index (χ2v) is 7.78. The molecule has 0 aromatic heterocycles. The number of rotatable bonds is 18. The first-order chi connectivity index (χ1) is 13.8. The third-order valence-corrected chi connectivity index (χ3v) is 5.25. The SMILES string of the molecule is CCCCCCOc1cc(N(CCCCCC)CCCCCC)ccc1N=N. The van der Waals surface area contributed by atoms with E-state index in [0.29, 0.717) is 12.3 Å². The topological polar surface area (TPSA) is 48.7 Å². The van der Waals surface area contributed by atoms with Crippen molar-refractivity contribution in [3.05, 3.63) is 18.2 Å². The molecule has 1 aromatic rings. The monoisotopic (exact) mass is 389 g/mol. The Kier molecular flexibility index (Phi) is 14.3. The van der Waals surface area contributed by atoms with E-state index in [1.165, 1.54) is 76.3 Å². The molecule has 0 bridgehead atoms. The molecule has 0 fully saturated rings. The predicted octanol–water partition coefficient (Wildman–Crippen LogP) is 8.28. The van der Waals surface area contributed by atoms with E-state index in [0.717, 1.165) is 25.3 Å². The van der Waals surface area contributed by atoms with E-state index in [4.69, 9.17) is 10.3 Å². The summed E-state index contributed by atoms with van der Waals surface area (Å²) in [6.45, 7) is 9.64. The summed E-state index contributed by atoms with van der Waals surface area (Å²) in [5, 5.41) is 3.67. The van der Waals surface area contributed by atoms with Crippen LogP contribution < -0.4 is 9.64 Å². The van der Waals surface area contributed by atoms with Crippen molar-refractivity contribution in [2.75, 3.05) is 24.6 Å². The summed E-state index contributed by atoms with van der Waals surface area (Å²) in [7, 11) is 0. The van der Waals surface area contributed by atoms with Gasteiger partial charge < -0.3 is 9.64 Å².